The Morgan fingerprint density at radius 2 is 1.87 bits per heavy atom. The van der Waals surface area contributed by atoms with Crippen molar-refractivity contribution in [1.82, 2.24) is 0 Å². The van der Waals surface area contributed by atoms with E-state index in [1.165, 1.54) is 0 Å². The minimum atomic E-state index is -4.75. The molecule has 1 rings (SSSR count). The number of rotatable bonds is 3. The van der Waals surface area contributed by atoms with Gasteiger partial charge in [-0.15, -0.1) is 3.89 Å². The largest absolute Gasteiger partial charge is 0.302 e. The van der Waals surface area contributed by atoms with E-state index < -0.39 is 39.6 Å². The number of benzene rings is 1. The summed E-state index contributed by atoms with van der Waals surface area (Å²) in [4.78, 5) is 0. The normalized spacial score (nSPS) is 11.7. The first-order chi connectivity index (χ1) is 6.81. The van der Waals surface area contributed by atoms with Gasteiger partial charge in [0.05, 0.1) is 10.8 Å². The van der Waals surface area contributed by atoms with Crippen LogP contribution < -0.4 is 0 Å². The molecule has 0 aliphatic rings. The standard InChI is InChI=1S/C8H6ClF3O2S/c9-6-1-2-7(10)5(8(6)11)3-4-15(12,13)14/h1-2H,3-4H2. The van der Waals surface area contributed by atoms with Crippen molar-refractivity contribution in [2.75, 3.05) is 5.75 Å². The maximum atomic E-state index is 13.1. The van der Waals surface area contributed by atoms with E-state index in [1.54, 1.807) is 0 Å². The van der Waals surface area contributed by atoms with Gasteiger partial charge in [-0.1, -0.05) is 11.6 Å². The van der Waals surface area contributed by atoms with Crippen molar-refractivity contribution >= 4 is 21.8 Å². The van der Waals surface area contributed by atoms with Gasteiger partial charge in [0.2, 0.25) is 0 Å². The molecule has 0 unspecified atom stereocenters. The van der Waals surface area contributed by atoms with Gasteiger partial charge >= 0.3 is 10.2 Å². The fraction of sp³-hybridized carbons (Fsp3) is 0.250. The van der Waals surface area contributed by atoms with Crippen molar-refractivity contribution in [2.45, 2.75) is 6.42 Å². The second-order valence-corrected chi connectivity index (χ2v) is 4.71. The van der Waals surface area contributed by atoms with E-state index in [4.69, 9.17) is 11.6 Å². The van der Waals surface area contributed by atoms with Crippen LogP contribution in [0.5, 0.6) is 0 Å². The minimum Gasteiger partial charge on any atom is -0.207 e. The molecule has 0 fully saturated rings. The zero-order valence-corrected chi connectivity index (χ0v) is 8.88. The zero-order chi connectivity index (χ0) is 11.6. The summed E-state index contributed by atoms with van der Waals surface area (Å²) >= 11 is 5.35. The first kappa shape index (κ1) is 12.3. The summed E-state index contributed by atoms with van der Waals surface area (Å²) in [5.41, 5.74) is -0.524. The highest BCUT2D eigenvalue weighted by atomic mass is 35.5. The predicted molar refractivity (Wildman–Crippen MR) is 50.0 cm³/mol. The molecule has 0 aliphatic carbocycles. The number of hydrogen-bond donors (Lipinski definition) is 0. The summed E-state index contributed by atoms with van der Waals surface area (Å²) < 4.78 is 58.6. The zero-order valence-electron chi connectivity index (χ0n) is 7.31. The third-order valence-corrected chi connectivity index (χ3v) is 2.72. The predicted octanol–water partition coefficient (Wildman–Crippen LogP) is 2.46. The van der Waals surface area contributed by atoms with Crippen molar-refractivity contribution in [1.29, 1.82) is 0 Å². The molecule has 0 aromatic heterocycles. The van der Waals surface area contributed by atoms with Crippen LogP contribution in [0.4, 0.5) is 12.7 Å². The van der Waals surface area contributed by atoms with Crippen molar-refractivity contribution in [2.24, 2.45) is 0 Å². The molecule has 0 saturated heterocycles. The lowest BCUT2D eigenvalue weighted by Gasteiger charge is -2.04. The highest BCUT2D eigenvalue weighted by Gasteiger charge is 2.16. The lowest BCUT2D eigenvalue weighted by Crippen LogP contribution is -2.06. The molecule has 1 aromatic rings. The Morgan fingerprint density at radius 3 is 2.40 bits per heavy atom. The Balaban J connectivity index is 2.99. The van der Waals surface area contributed by atoms with Crippen molar-refractivity contribution in [3.63, 3.8) is 0 Å². The fourth-order valence-corrected chi connectivity index (χ4v) is 1.65. The van der Waals surface area contributed by atoms with Gasteiger partial charge in [-0.25, -0.2) is 8.78 Å². The van der Waals surface area contributed by atoms with Crippen molar-refractivity contribution < 1.29 is 21.1 Å². The molecular weight excluding hydrogens is 253 g/mol. The van der Waals surface area contributed by atoms with Crippen molar-refractivity contribution in [3.05, 3.63) is 34.4 Å². The molecule has 2 nitrogen and oxygen atoms in total. The second kappa shape index (κ2) is 4.40. The van der Waals surface area contributed by atoms with Gasteiger partial charge in [0.15, 0.2) is 0 Å². The maximum absolute atomic E-state index is 13.1. The lowest BCUT2D eigenvalue weighted by atomic mass is 10.1. The molecule has 0 heterocycles. The SMILES string of the molecule is O=S(=O)(F)CCc1c(F)ccc(Cl)c1F. The Kier molecular flexibility index (Phi) is 3.62. The third kappa shape index (κ3) is 3.39. The molecule has 0 N–H and O–H groups in total. The van der Waals surface area contributed by atoms with Crippen LogP contribution >= 0.6 is 11.6 Å². The summed E-state index contributed by atoms with van der Waals surface area (Å²) in [6, 6.07) is 1.89. The van der Waals surface area contributed by atoms with Gasteiger partial charge in [-0.3, -0.25) is 0 Å². The van der Waals surface area contributed by atoms with E-state index in [2.05, 4.69) is 0 Å². The molecule has 0 amide bonds. The summed E-state index contributed by atoms with van der Waals surface area (Å²) in [7, 11) is -4.75. The van der Waals surface area contributed by atoms with Crippen LogP contribution in [-0.4, -0.2) is 14.2 Å². The summed E-state index contributed by atoms with van der Waals surface area (Å²) in [5, 5.41) is -0.331. The second-order valence-electron chi connectivity index (χ2n) is 2.81. The Labute approximate surface area is 89.9 Å². The van der Waals surface area contributed by atoms with E-state index in [-0.39, 0.29) is 5.02 Å². The van der Waals surface area contributed by atoms with Gasteiger partial charge in [0, 0.05) is 5.56 Å². The van der Waals surface area contributed by atoms with Crippen LogP contribution in [0.3, 0.4) is 0 Å². The van der Waals surface area contributed by atoms with Crippen LogP contribution in [0.15, 0.2) is 12.1 Å². The average Bonchev–Trinajstić information content (AvgIpc) is 2.10. The van der Waals surface area contributed by atoms with Gasteiger partial charge in [0.25, 0.3) is 0 Å². The summed E-state index contributed by atoms with van der Waals surface area (Å²) in [5.74, 6) is -2.97. The van der Waals surface area contributed by atoms with Crippen LogP contribution in [0.25, 0.3) is 0 Å². The van der Waals surface area contributed by atoms with E-state index in [9.17, 15) is 21.1 Å². The monoisotopic (exact) mass is 258 g/mol. The maximum Gasteiger partial charge on any atom is 0.302 e. The molecule has 0 aliphatic heterocycles. The highest BCUT2D eigenvalue weighted by Crippen LogP contribution is 2.21. The molecule has 84 valence electrons. The number of halogens is 4. The Bertz CT molecular complexity index is 473. The van der Waals surface area contributed by atoms with Gasteiger partial charge in [-0.2, -0.15) is 8.42 Å². The highest BCUT2D eigenvalue weighted by molar-refractivity contribution is 7.86. The smallest absolute Gasteiger partial charge is 0.207 e. The Morgan fingerprint density at radius 1 is 1.27 bits per heavy atom. The van der Waals surface area contributed by atoms with Crippen LogP contribution in [-0.2, 0) is 16.6 Å². The molecular formula is C8H6ClF3O2S. The van der Waals surface area contributed by atoms with Crippen LogP contribution in [0, 0.1) is 11.6 Å². The fourth-order valence-electron chi connectivity index (χ4n) is 1.02. The molecule has 0 spiro atoms. The van der Waals surface area contributed by atoms with Crippen LogP contribution in [0.2, 0.25) is 5.02 Å². The van der Waals surface area contributed by atoms with Crippen molar-refractivity contribution in [3.8, 4) is 0 Å². The van der Waals surface area contributed by atoms with E-state index >= 15 is 0 Å². The summed E-state index contributed by atoms with van der Waals surface area (Å²) in [6.07, 6.45) is -0.586. The molecule has 1 aromatic carbocycles. The number of hydrogen-bond acceptors (Lipinski definition) is 2. The molecule has 0 bridgehead atoms. The minimum absolute atomic E-state index is 0.331. The molecule has 0 radical (unpaired) electrons. The summed E-state index contributed by atoms with van der Waals surface area (Å²) in [6.45, 7) is 0. The van der Waals surface area contributed by atoms with E-state index in [0.717, 1.165) is 12.1 Å². The quantitative estimate of drug-likeness (QED) is 0.616. The first-order valence-electron chi connectivity index (χ1n) is 3.86. The van der Waals surface area contributed by atoms with Gasteiger partial charge in [0.1, 0.15) is 11.6 Å². The van der Waals surface area contributed by atoms with Gasteiger partial charge in [-0.05, 0) is 18.6 Å². The van der Waals surface area contributed by atoms with E-state index in [0.29, 0.717) is 0 Å². The van der Waals surface area contributed by atoms with Gasteiger partial charge < -0.3 is 0 Å². The van der Waals surface area contributed by atoms with Crippen LogP contribution in [0.1, 0.15) is 5.56 Å². The third-order valence-electron chi connectivity index (χ3n) is 1.73. The molecule has 0 atom stereocenters. The molecule has 0 saturated carbocycles. The first-order valence-corrected chi connectivity index (χ1v) is 5.79. The molecule has 7 heteroatoms. The Hall–Kier alpha value is -0.750. The lowest BCUT2D eigenvalue weighted by molar-refractivity contribution is 0.542. The topological polar surface area (TPSA) is 34.1 Å². The average molecular weight is 259 g/mol. The molecule has 15 heavy (non-hydrogen) atoms. The van der Waals surface area contributed by atoms with E-state index in [1.807, 2.05) is 0 Å².